The summed E-state index contributed by atoms with van der Waals surface area (Å²) in [5.41, 5.74) is -2.79. The molecular weight excluding hydrogens is 316 g/mol. The van der Waals surface area contributed by atoms with Crippen molar-refractivity contribution >= 4 is 17.4 Å². The molecule has 1 aromatic carbocycles. The molecule has 9 heteroatoms. The topological polar surface area (TPSA) is 42.1 Å². The SMILES string of the molecule is O=COCCc1cc2c(C(F)(F)F)cc(C(F)(F)F)cc2[nH]1. The maximum atomic E-state index is 12.9. The van der Waals surface area contributed by atoms with Crippen LogP contribution in [0, 0.1) is 0 Å². The predicted octanol–water partition coefficient (Wildman–Crippen LogP) is 3.92. The summed E-state index contributed by atoms with van der Waals surface area (Å²) >= 11 is 0. The molecule has 0 fully saturated rings. The molecule has 0 saturated carbocycles. The van der Waals surface area contributed by atoms with Crippen molar-refractivity contribution in [3.05, 3.63) is 35.0 Å². The molecule has 1 aromatic heterocycles. The molecule has 2 rings (SSSR count). The molecule has 0 aliphatic rings. The van der Waals surface area contributed by atoms with Gasteiger partial charge in [-0.15, -0.1) is 0 Å². The first-order valence-electron chi connectivity index (χ1n) is 5.98. The minimum atomic E-state index is -4.92. The van der Waals surface area contributed by atoms with Gasteiger partial charge in [-0.05, 0) is 18.2 Å². The second-order valence-electron chi connectivity index (χ2n) is 4.49. The summed E-state index contributed by atoms with van der Waals surface area (Å²) in [5.74, 6) is 0. The van der Waals surface area contributed by atoms with Gasteiger partial charge in [-0.1, -0.05) is 0 Å². The quantitative estimate of drug-likeness (QED) is 0.526. The van der Waals surface area contributed by atoms with E-state index in [-0.39, 0.29) is 42.2 Å². The molecule has 120 valence electrons. The van der Waals surface area contributed by atoms with Crippen molar-refractivity contribution in [3.63, 3.8) is 0 Å². The van der Waals surface area contributed by atoms with E-state index < -0.39 is 23.5 Å². The molecule has 0 aliphatic carbocycles. The van der Waals surface area contributed by atoms with Gasteiger partial charge in [0.15, 0.2) is 0 Å². The van der Waals surface area contributed by atoms with Gasteiger partial charge in [0.1, 0.15) is 0 Å². The Morgan fingerprint density at radius 3 is 2.27 bits per heavy atom. The van der Waals surface area contributed by atoms with Crippen molar-refractivity contribution in [1.29, 1.82) is 0 Å². The van der Waals surface area contributed by atoms with Crippen molar-refractivity contribution in [2.45, 2.75) is 18.8 Å². The van der Waals surface area contributed by atoms with Crippen LogP contribution >= 0.6 is 0 Å². The van der Waals surface area contributed by atoms with Crippen LogP contribution in [0.3, 0.4) is 0 Å². The summed E-state index contributed by atoms with van der Waals surface area (Å²) in [7, 11) is 0. The summed E-state index contributed by atoms with van der Waals surface area (Å²) in [6.45, 7) is 0.0787. The number of aromatic nitrogens is 1. The molecule has 2 aromatic rings. The zero-order valence-corrected chi connectivity index (χ0v) is 10.8. The van der Waals surface area contributed by atoms with Crippen LogP contribution in [0.2, 0.25) is 0 Å². The molecule has 0 unspecified atom stereocenters. The predicted molar refractivity (Wildman–Crippen MR) is 64.0 cm³/mol. The first-order chi connectivity index (χ1) is 10.1. The molecular formula is C13H9F6NO2. The van der Waals surface area contributed by atoms with Gasteiger partial charge in [0, 0.05) is 23.0 Å². The molecule has 3 nitrogen and oxygen atoms in total. The number of nitrogens with one attached hydrogen (secondary N) is 1. The number of hydrogen-bond acceptors (Lipinski definition) is 2. The Balaban J connectivity index is 2.55. The van der Waals surface area contributed by atoms with Crippen LogP contribution < -0.4 is 0 Å². The van der Waals surface area contributed by atoms with Crippen LogP contribution in [0.4, 0.5) is 26.3 Å². The number of ether oxygens (including phenoxy) is 1. The minimum Gasteiger partial charge on any atom is -0.467 e. The fourth-order valence-corrected chi connectivity index (χ4v) is 2.05. The normalized spacial score (nSPS) is 12.6. The van der Waals surface area contributed by atoms with Gasteiger partial charge >= 0.3 is 12.4 Å². The van der Waals surface area contributed by atoms with E-state index in [9.17, 15) is 31.1 Å². The average Bonchev–Trinajstić information content (AvgIpc) is 2.78. The smallest absolute Gasteiger partial charge is 0.417 e. The number of hydrogen-bond donors (Lipinski definition) is 1. The number of benzene rings is 1. The van der Waals surface area contributed by atoms with E-state index in [1.54, 1.807) is 0 Å². The van der Waals surface area contributed by atoms with Crippen LogP contribution in [-0.4, -0.2) is 18.1 Å². The molecule has 0 aliphatic heterocycles. The molecule has 0 radical (unpaired) electrons. The monoisotopic (exact) mass is 325 g/mol. The zero-order valence-electron chi connectivity index (χ0n) is 10.8. The number of fused-ring (bicyclic) bond motifs is 1. The fourth-order valence-electron chi connectivity index (χ4n) is 2.05. The summed E-state index contributed by atoms with van der Waals surface area (Å²) < 4.78 is 81.4. The standard InChI is InChI=1S/C13H9F6NO2/c14-12(15,16)7-3-10(13(17,18)19)9-5-8(1-2-22-6-21)20-11(9)4-7/h3-6,20H,1-2H2. The maximum absolute atomic E-state index is 12.9. The molecule has 0 amide bonds. The highest BCUT2D eigenvalue weighted by Gasteiger charge is 2.38. The van der Waals surface area contributed by atoms with Crippen molar-refractivity contribution in [2.75, 3.05) is 6.61 Å². The minimum absolute atomic E-state index is 0.0616. The lowest BCUT2D eigenvalue weighted by Gasteiger charge is -2.12. The number of aromatic amines is 1. The Labute approximate surface area is 119 Å². The molecule has 0 bridgehead atoms. The number of carbonyl (C=O) groups excluding carboxylic acids is 1. The number of H-pyrrole nitrogens is 1. The number of halogens is 6. The average molecular weight is 325 g/mol. The summed E-state index contributed by atoms with van der Waals surface area (Å²) in [6.07, 6.45) is -9.75. The molecule has 0 spiro atoms. The highest BCUT2D eigenvalue weighted by Crippen LogP contribution is 2.40. The maximum Gasteiger partial charge on any atom is 0.417 e. The van der Waals surface area contributed by atoms with Crippen LogP contribution in [0.5, 0.6) is 0 Å². The second kappa shape index (κ2) is 5.54. The van der Waals surface area contributed by atoms with E-state index in [2.05, 4.69) is 9.72 Å². The lowest BCUT2D eigenvalue weighted by Crippen LogP contribution is -2.10. The van der Waals surface area contributed by atoms with Crippen molar-refractivity contribution in [1.82, 2.24) is 4.98 Å². The number of alkyl halides is 6. The third-order valence-electron chi connectivity index (χ3n) is 2.98. The van der Waals surface area contributed by atoms with E-state index in [0.29, 0.717) is 6.07 Å². The third kappa shape index (κ3) is 3.34. The van der Waals surface area contributed by atoms with E-state index >= 15 is 0 Å². The van der Waals surface area contributed by atoms with Gasteiger partial charge in [-0.2, -0.15) is 26.3 Å². The van der Waals surface area contributed by atoms with Gasteiger partial charge in [-0.25, -0.2) is 0 Å². The van der Waals surface area contributed by atoms with Crippen molar-refractivity contribution in [2.24, 2.45) is 0 Å². The van der Waals surface area contributed by atoms with Crippen LogP contribution in [0.15, 0.2) is 18.2 Å². The molecule has 0 saturated heterocycles. The summed E-state index contributed by atoms with van der Waals surface area (Å²) in [4.78, 5) is 12.5. The van der Waals surface area contributed by atoms with Crippen molar-refractivity contribution in [3.8, 4) is 0 Å². The molecule has 1 N–H and O–H groups in total. The fraction of sp³-hybridized carbons (Fsp3) is 0.308. The Hall–Kier alpha value is -2.19. The zero-order chi connectivity index (χ0) is 16.5. The number of carbonyl (C=O) groups is 1. The van der Waals surface area contributed by atoms with Crippen LogP contribution in [0.1, 0.15) is 16.8 Å². The van der Waals surface area contributed by atoms with Gasteiger partial charge in [0.2, 0.25) is 0 Å². The lowest BCUT2D eigenvalue weighted by atomic mass is 10.0. The van der Waals surface area contributed by atoms with Gasteiger partial charge < -0.3 is 9.72 Å². The van der Waals surface area contributed by atoms with Gasteiger partial charge in [0.25, 0.3) is 6.47 Å². The van der Waals surface area contributed by atoms with Crippen molar-refractivity contribution < 1.29 is 35.9 Å². The Kier molecular flexibility index (Phi) is 4.08. The van der Waals surface area contributed by atoms with Gasteiger partial charge in [0.05, 0.1) is 17.7 Å². The van der Waals surface area contributed by atoms with Crippen LogP contribution in [0.25, 0.3) is 10.9 Å². The van der Waals surface area contributed by atoms with E-state index in [1.807, 2.05) is 0 Å². The highest BCUT2D eigenvalue weighted by atomic mass is 19.4. The van der Waals surface area contributed by atoms with Crippen LogP contribution in [-0.2, 0) is 28.3 Å². The van der Waals surface area contributed by atoms with E-state index in [0.717, 1.165) is 6.07 Å². The Morgan fingerprint density at radius 2 is 1.73 bits per heavy atom. The highest BCUT2D eigenvalue weighted by molar-refractivity contribution is 5.85. The summed E-state index contributed by atoms with van der Waals surface area (Å²) in [6, 6.07) is 1.81. The van der Waals surface area contributed by atoms with Gasteiger partial charge in [-0.3, -0.25) is 4.79 Å². The number of rotatable bonds is 4. The largest absolute Gasteiger partial charge is 0.467 e. The van der Waals surface area contributed by atoms with E-state index in [1.165, 1.54) is 0 Å². The first-order valence-corrected chi connectivity index (χ1v) is 5.98. The molecule has 0 atom stereocenters. The Morgan fingerprint density at radius 1 is 1.05 bits per heavy atom. The van der Waals surface area contributed by atoms with E-state index in [4.69, 9.17) is 0 Å². The molecule has 1 heterocycles. The molecule has 22 heavy (non-hydrogen) atoms. The Bertz CT molecular complexity index is 686. The lowest BCUT2D eigenvalue weighted by molar-refractivity contribution is -0.142. The first kappa shape index (κ1) is 16.2. The summed E-state index contributed by atoms with van der Waals surface area (Å²) in [5, 5.41) is -0.360. The second-order valence-corrected chi connectivity index (χ2v) is 4.49. The third-order valence-corrected chi connectivity index (χ3v) is 2.98.